The number of nitrogens with zero attached hydrogens (tertiary/aromatic N) is 3. The van der Waals surface area contributed by atoms with Gasteiger partial charge < -0.3 is 19.7 Å². The van der Waals surface area contributed by atoms with E-state index in [0.717, 1.165) is 54.4 Å². The van der Waals surface area contributed by atoms with Crippen molar-refractivity contribution in [2.45, 2.75) is 24.0 Å². The van der Waals surface area contributed by atoms with Gasteiger partial charge in [-0.25, -0.2) is 9.97 Å². The Kier molecular flexibility index (Phi) is 6.06. The van der Waals surface area contributed by atoms with Gasteiger partial charge in [0, 0.05) is 26.2 Å². The van der Waals surface area contributed by atoms with Crippen molar-refractivity contribution in [2.24, 2.45) is 0 Å². The molecule has 0 bridgehead atoms. The summed E-state index contributed by atoms with van der Waals surface area (Å²) in [5.74, 6) is 1.16. The second kappa shape index (κ2) is 8.86. The van der Waals surface area contributed by atoms with Crippen LogP contribution in [0.15, 0.2) is 29.3 Å². The van der Waals surface area contributed by atoms with E-state index in [4.69, 9.17) is 19.4 Å². The predicted molar refractivity (Wildman–Crippen MR) is 105 cm³/mol. The quantitative estimate of drug-likeness (QED) is 0.757. The third kappa shape index (κ3) is 4.69. The molecule has 1 amide bonds. The highest BCUT2D eigenvalue weighted by Gasteiger charge is 2.20. The molecule has 0 radical (unpaired) electrons. The molecule has 7 nitrogen and oxygen atoms in total. The number of anilines is 1. The number of ether oxygens (including phenoxy) is 2. The Morgan fingerprint density at radius 3 is 2.70 bits per heavy atom. The van der Waals surface area contributed by atoms with E-state index < -0.39 is 0 Å². The van der Waals surface area contributed by atoms with E-state index in [1.165, 1.54) is 11.8 Å². The van der Waals surface area contributed by atoms with E-state index in [-0.39, 0.29) is 12.0 Å². The van der Waals surface area contributed by atoms with Crippen molar-refractivity contribution >= 4 is 34.5 Å². The Balaban J connectivity index is 1.46. The number of hydrogen-bond acceptors (Lipinski definition) is 7. The first-order chi connectivity index (χ1) is 13.3. The molecule has 0 aliphatic carbocycles. The third-order valence-electron chi connectivity index (χ3n) is 4.72. The number of carbonyl (C=O) groups is 1. The molecule has 2 aromatic rings. The van der Waals surface area contributed by atoms with Crippen molar-refractivity contribution in [3.63, 3.8) is 0 Å². The van der Waals surface area contributed by atoms with E-state index in [2.05, 4.69) is 10.2 Å². The van der Waals surface area contributed by atoms with Gasteiger partial charge in [0.2, 0.25) is 5.91 Å². The van der Waals surface area contributed by atoms with Gasteiger partial charge in [-0.1, -0.05) is 23.9 Å². The summed E-state index contributed by atoms with van der Waals surface area (Å²) < 4.78 is 11.0. The molecule has 0 unspecified atom stereocenters. The van der Waals surface area contributed by atoms with Crippen LogP contribution in [0, 0.1) is 0 Å². The monoisotopic (exact) mass is 388 g/mol. The maximum atomic E-state index is 12.3. The van der Waals surface area contributed by atoms with Crippen LogP contribution in [0.5, 0.6) is 0 Å². The van der Waals surface area contributed by atoms with E-state index in [1.807, 2.05) is 24.3 Å². The van der Waals surface area contributed by atoms with Crippen molar-refractivity contribution in [1.82, 2.24) is 15.3 Å². The molecule has 2 saturated heterocycles. The summed E-state index contributed by atoms with van der Waals surface area (Å²) in [6, 6.07) is 7.83. The number of fused-ring (bicyclic) bond motifs is 1. The molecule has 1 atom stereocenters. The summed E-state index contributed by atoms with van der Waals surface area (Å²) in [7, 11) is 0. The molecular formula is C19H24N4O3S. The first-order valence-electron chi connectivity index (χ1n) is 9.40. The highest BCUT2D eigenvalue weighted by molar-refractivity contribution is 8.00. The Labute approximate surface area is 162 Å². The van der Waals surface area contributed by atoms with E-state index in [1.54, 1.807) is 0 Å². The molecule has 1 aromatic carbocycles. The number of para-hydroxylation sites is 2. The van der Waals surface area contributed by atoms with Crippen molar-refractivity contribution in [1.29, 1.82) is 0 Å². The Bertz CT molecular complexity index is 792. The average Bonchev–Trinajstić information content (AvgIpc) is 3.24. The molecule has 3 heterocycles. The molecule has 1 N–H and O–H groups in total. The summed E-state index contributed by atoms with van der Waals surface area (Å²) in [5.41, 5.74) is 1.71. The SMILES string of the molecule is O=C(CSc1nc2ccccc2nc1N1CCOCC1)NC[C@H]1CCCO1. The van der Waals surface area contributed by atoms with Crippen LogP contribution in [0.2, 0.25) is 0 Å². The fraction of sp³-hybridized carbons (Fsp3) is 0.526. The number of aromatic nitrogens is 2. The summed E-state index contributed by atoms with van der Waals surface area (Å²) in [6.45, 7) is 4.31. The highest BCUT2D eigenvalue weighted by atomic mass is 32.2. The first kappa shape index (κ1) is 18.5. The van der Waals surface area contributed by atoms with Gasteiger partial charge >= 0.3 is 0 Å². The largest absolute Gasteiger partial charge is 0.378 e. The number of thioether (sulfide) groups is 1. The Hall–Kier alpha value is -1.90. The standard InChI is InChI=1S/C19H24N4O3S/c24-17(20-12-14-4-3-9-26-14)13-27-19-18(23-7-10-25-11-8-23)21-15-5-1-2-6-16(15)22-19/h1-2,5-6,14H,3-4,7-13H2,(H,20,24)/t14-/m1/s1. The minimum absolute atomic E-state index is 0.00149. The number of hydrogen-bond donors (Lipinski definition) is 1. The number of amides is 1. The second-order valence-corrected chi connectivity index (χ2v) is 7.63. The van der Waals surface area contributed by atoms with Crippen LogP contribution in [0.25, 0.3) is 11.0 Å². The van der Waals surface area contributed by atoms with Gasteiger partial charge in [0.05, 0.1) is 36.1 Å². The summed E-state index contributed by atoms with van der Waals surface area (Å²) in [4.78, 5) is 24.0. The summed E-state index contributed by atoms with van der Waals surface area (Å²) in [6.07, 6.45) is 2.25. The number of nitrogens with one attached hydrogen (secondary N) is 1. The summed E-state index contributed by atoms with van der Waals surface area (Å²) >= 11 is 1.44. The highest BCUT2D eigenvalue weighted by Crippen LogP contribution is 2.29. The lowest BCUT2D eigenvalue weighted by molar-refractivity contribution is -0.119. The molecule has 2 fully saturated rings. The van der Waals surface area contributed by atoms with Crippen LogP contribution >= 0.6 is 11.8 Å². The molecule has 1 aromatic heterocycles. The van der Waals surface area contributed by atoms with Gasteiger partial charge in [-0.2, -0.15) is 0 Å². The molecule has 2 aliphatic rings. The Morgan fingerprint density at radius 1 is 1.19 bits per heavy atom. The molecule has 8 heteroatoms. The lowest BCUT2D eigenvalue weighted by Gasteiger charge is -2.29. The average molecular weight is 388 g/mol. The first-order valence-corrected chi connectivity index (χ1v) is 10.4. The van der Waals surface area contributed by atoms with Gasteiger partial charge in [0.15, 0.2) is 5.82 Å². The molecule has 2 aliphatic heterocycles. The normalized spacial score (nSPS) is 20.1. The van der Waals surface area contributed by atoms with Crippen molar-refractivity contribution in [3.8, 4) is 0 Å². The molecule has 144 valence electrons. The zero-order chi connectivity index (χ0) is 18.5. The minimum atomic E-state index is -0.00149. The summed E-state index contributed by atoms with van der Waals surface area (Å²) in [5, 5.41) is 3.76. The molecule has 27 heavy (non-hydrogen) atoms. The van der Waals surface area contributed by atoms with Crippen LogP contribution < -0.4 is 10.2 Å². The number of benzene rings is 1. The maximum Gasteiger partial charge on any atom is 0.230 e. The van der Waals surface area contributed by atoms with Crippen LogP contribution in [0.1, 0.15) is 12.8 Å². The Morgan fingerprint density at radius 2 is 1.96 bits per heavy atom. The zero-order valence-corrected chi connectivity index (χ0v) is 16.0. The molecular weight excluding hydrogens is 364 g/mol. The zero-order valence-electron chi connectivity index (χ0n) is 15.2. The minimum Gasteiger partial charge on any atom is -0.378 e. The topological polar surface area (TPSA) is 76.6 Å². The van der Waals surface area contributed by atoms with E-state index in [9.17, 15) is 4.79 Å². The molecule has 0 saturated carbocycles. The lowest BCUT2D eigenvalue weighted by atomic mass is 10.2. The van der Waals surface area contributed by atoms with Gasteiger partial charge in [-0.05, 0) is 25.0 Å². The van der Waals surface area contributed by atoms with Crippen LogP contribution in [0.3, 0.4) is 0 Å². The van der Waals surface area contributed by atoms with Gasteiger partial charge in [0.1, 0.15) is 5.03 Å². The predicted octanol–water partition coefficient (Wildman–Crippen LogP) is 1.85. The number of rotatable bonds is 6. The third-order valence-corrected chi connectivity index (χ3v) is 5.68. The lowest BCUT2D eigenvalue weighted by Crippen LogP contribution is -2.37. The fourth-order valence-electron chi connectivity index (χ4n) is 3.27. The smallest absolute Gasteiger partial charge is 0.230 e. The van der Waals surface area contributed by atoms with Gasteiger partial charge in [-0.15, -0.1) is 0 Å². The number of carbonyl (C=O) groups excluding carboxylic acids is 1. The van der Waals surface area contributed by atoms with Crippen LogP contribution in [-0.2, 0) is 14.3 Å². The fourth-order valence-corrected chi connectivity index (χ4v) is 4.11. The van der Waals surface area contributed by atoms with E-state index in [0.29, 0.717) is 25.5 Å². The van der Waals surface area contributed by atoms with E-state index >= 15 is 0 Å². The second-order valence-electron chi connectivity index (χ2n) is 6.67. The maximum absolute atomic E-state index is 12.3. The molecule has 0 spiro atoms. The van der Waals surface area contributed by atoms with Gasteiger partial charge in [-0.3, -0.25) is 4.79 Å². The van der Waals surface area contributed by atoms with Crippen molar-refractivity contribution in [3.05, 3.63) is 24.3 Å². The van der Waals surface area contributed by atoms with Crippen molar-refractivity contribution in [2.75, 3.05) is 50.1 Å². The number of morpholine rings is 1. The molecule has 4 rings (SSSR count). The van der Waals surface area contributed by atoms with Crippen LogP contribution in [0.4, 0.5) is 5.82 Å². The van der Waals surface area contributed by atoms with Crippen molar-refractivity contribution < 1.29 is 14.3 Å². The van der Waals surface area contributed by atoms with Crippen LogP contribution in [-0.4, -0.2) is 67.2 Å². The van der Waals surface area contributed by atoms with Gasteiger partial charge in [0.25, 0.3) is 0 Å².